The number of benzene rings is 3. The summed E-state index contributed by atoms with van der Waals surface area (Å²) < 4.78 is 21.0. The number of methoxy groups -OCH3 is 2. The minimum absolute atomic E-state index is 0.116. The lowest BCUT2D eigenvalue weighted by molar-refractivity contribution is -0.138. The van der Waals surface area contributed by atoms with Crippen molar-refractivity contribution in [3.63, 3.8) is 0 Å². The highest BCUT2D eigenvalue weighted by molar-refractivity contribution is 6.04. The lowest BCUT2D eigenvalue weighted by atomic mass is 9.90. The van der Waals surface area contributed by atoms with Crippen LogP contribution in [0.15, 0.2) is 86.0 Å². The van der Waals surface area contributed by atoms with Crippen LogP contribution in [0.1, 0.15) is 74.4 Å². The van der Waals surface area contributed by atoms with E-state index in [1.165, 1.54) is 14.2 Å². The molecule has 5 heterocycles. The van der Waals surface area contributed by atoms with Gasteiger partial charge in [0, 0.05) is 61.9 Å². The van der Waals surface area contributed by atoms with Gasteiger partial charge in [-0.05, 0) is 90.8 Å². The fourth-order valence-electron chi connectivity index (χ4n) is 9.74. The Labute approximate surface area is 395 Å². The van der Waals surface area contributed by atoms with E-state index in [-0.39, 0.29) is 35.5 Å². The number of amides is 4. The molecule has 16 heteroatoms. The van der Waals surface area contributed by atoms with Crippen LogP contribution in [0, 0.1) is 35.5 Å². The Kier molecular flexibility index (Phi) is 14.6. The molecule has 0 radical (unpaired) electrons. The number of carbonyl (C=O) groups excluding carboxylic acids is 4. The number of fused-ring (bicyclic) bond motifs is 4. The van der Waals surface area contributed by atoms with Crippen LogP contribution in [-0.4, -0.2) is 120 Å². The first-order valence-electron chi connectivity index (χ1n) is 23.2. The van der Waals surface area contributed by atoms with Crippen LogP contribution in [0.25, 0.3) is 32.8 Å². The van der Waals surface area contributed by atoms with Gasteiger partial charge >= 0.3 is 12.2 Å². The Morgan fingerprint density at radius 1 is 0.853 bits per heavy atom. The zero-order valence-electron chi connectivity index (χ0n) is 39.1. The van der Waals surface area contributed by atoms with E-state index in [2.05, 4.69) is 52.2 Å². The third-order valence-corrected chi connectivity index (χ3v) is 13.3. The number of rotatable bonds is 13. The maximum atomic E-state index is 14.4. The van der Waals surface area contributed by atoms with E-state index < -0.39 is 36.4 Å². The molecule has 3 aromatic carbocycles. The number of ether oxygens (including phenoxy) is 4. The Balaban J connectivity index is 1.04. The van der Waals surface area contributed by atoms with Crippen molar-refractivity contribution in [1.82, 2.24) is 40.4 Å². The molecule has 4 N–H and O–H groups in total. The maximum absolute atomic E-state index is 14.4. The molecule has 3 aliphatic heterocycles. The second-order valence-electron chi connectivity index (χ2n) is 18.1. The average Bonchev–Trinajstić information content (AvgIpc) is 4.08. The Bertz CT molecular complexity index is 2790. The zero-order valence-corrected chi connectivity index (χ0v) is 39.1. The molecule has 0 unspecified atom stereocenters. The van der Waals surface area contributed by atoms with Crippen LogP contribution in [0.5, 0.6) is 0 Å². The summed E-state index contributed by atoms with van der Waals surface area (Å²) in [4.78, 5) is 74.2. The number of aromatic nitrogens is 4. The normalized spacial score (nSPS) is 19.2. The molecule has 0 spiro atoms. The van der Waals surface area contributed by atoms with Gasteiger partial charge in [0.1, 0.15) is 35.8 Å². The van der Waals surface area contributed by atoms with Gasteiger partial charge in [-0.2, -0.15) is 0 Å². The fourth-order valence-corrected chi connectivity index (χ4v) is 9.74. The molecule has 16 nitrogen and oxygen atoms in total. The summed E-state index contributed by atoms with van der Waals surface area (Å²) in [7, 11) is 2.57. The molecule has 8 rings (SSSR count). The minimum Gasteiger partial charge on any atom is -0.453 e. The van der Waals surface area contributed by atoms with Crippen LogP contribution in [-0.2, 0) is 28.5 Å². The van der Waals surface area contributed by atoms with Crippen molar-refractivity contribution in [2.45, 2.75) is 63.7 Å². The number of likely N-dealkylation sites (tertiary alicyclic amines) is 1. The number of nitrogens with zero attached hydrogens (tertiary/aromatic N) is 4. The fraction of sp³-hybridized carbons (Fsp3) is 0.423. The van der Waals surface area contributed by atoms with Gasteiger partial charge in [0.2, 0.25) is 11.8 Å². The Hall–Kier alpha value is -6.96. The summed E-state index contributed by atoms with van der Waals surface area (Å²) in [6, 6.07) is 12.9. The van der Waals surface area contributed by atoms with Gasteiger partial charge in [0.15, 0.2) is 0 Å². The van der Waals surface area contributed by atoms with Crippen molar-refractivity contribution in [3.05, 3.63) is 109 Å². The summed E-state index contributed by atoms with van der Waals surface area (Å²) >= 11 is 0. The van der Waals surface area contributed by atoms with Crippen molar-refractivity contribution < 1.29 is 38.1 Å². The molecule has 356 valence electrons. The lowest BCUT2D eigenvalue weighted by Crippen LogP contribution is -2.54. The van der Waals surface area contributed by atoms with Crippen molar-refractivity contribution in [2.24, 2.45) is 23.7 Å². The summed E-state index contributed by atoms with van der Waals surface area (Å²) in [6.07, 6.45) is 4.70. The molecule has 5 aromatic rings. The second-order valence-corrected chi connectivity index (χ2v) is 18.1. The minimum atomic E-state index is -0.805. The van der Waals surface area contributed by atoms with Crippen LogP contribution < -0.4 is 10.6 Å². The summed E-state index contributed by atoms with van der Waals surface area (Å²) in [5, 5.41) is 7.52. The quantitative estimate of drug-likeness (QED) is 0.0691. The maximum Gasteiger partial charge on any atom is 0.407 e. The van der Waals surface area contributed by atoms with Gasteiger partial charge in [-0.15, -0.1) is 13.2 Å². The number of carbonyl (C=O) groups is 4. The molecular formula is C52H60N8O8. The highest BCUT2D eigenvalue weighted by Crippen LogP contribution is 2.41. The summed E-state index contributed by atoms with van der Waals surface area (Å²) in [5.41, 5.74) is 5.38. The molecule has 0 saturated carbocycles. The molecule has 3 aliphatic rings. The Morgan fingerprint density at radius 2 is 1.47 bits per heavy atom. The first-order valence-corrected chi connectivity index (χ1v) is 23.2. The predicted molar refractivity (Wildman–Crippen MR) is 258 cm³/mol. The predicted octanol–water partition coefficient (Wildman–Crippen LogP) is 7.25. The second kappa shape index (κ2) is 20.9. The molecule has 0 bridgehead atoms. The first-order chi connectivity index (χ1) is 32.9. The van der Waals surface area contributed by atoms with E-state index in [4.69, 9.17) is 28.9 Å². The zero-order chi connectivity index (χ0) is 48.1. The molecule has 3 saturated heterocycles. The van der Waals surface area contributed by atoms with Crippen LogP contribution in [0.3, 0.4) is 0 Å². The number of alkyl carbamates (subject to hydrolysis) is 2. The number of hydrogen-bond acceptors (Lipinski definition) is 10. The van der Waals surface area contributed by atoms with E-state index >= 15 is 0 Å². The van der Waals surface area contributed by atoms with E-state index in [1.807, 2.05) is 62.4 Å². The molecule has 4 amide bonds. The number of nitrogens with one attached hydrogen (secondary N) is 4. The monoisotopic (exact) mass is 924 g/mol. The third-order valence-electron chi connectivity index (χ3n) is 13.3. The molecule has 5 atom stereocenters. The van der Waals surface area contributed by atoms with Crippen molar-refractivity contribution >= 4 is 56.8 Å². The van der Waals surface area contributed by atoms with E-state index in [0.29, 0.717) is 82.4 Å². The number of H-pyrrole nitrogens is 2. The van der Waals surface area contributed by atoms with Gasteiger partial charge in [0.05, 0.1) is 36.3 Å². The van der Waals surface area contributed by atoms with Gasteiger partial charge < -0.3 is 49.3 Å². The van der Waals surface area contributed by atoms with E-state index in [0.717, 1.165) is 44.0 Å². The largest absolute Gasteiger partial charge is 0.453 e. The SMILES string of the molecule is C=C[C@@H]1CN(C(=O)[C@@H](NC(=O)OC)C2CCOCC2)[C@H](c2nc3ccc4cc(C#Cc5ccc6nc([C@H](C=C)N(CC(C)C)C(=O)[C@@H](NC(=O)OC)C7CCOCC7)[nH]c6c5)ccc4c3[nH]2)C1=C. The average molecular weight is 925 g/mol. The molecule has 2 aromatic heterocycles. The third kappa shape index (κ3) is 10.00. The lowest BCUT2D eigenvalue weighted by Gasteiger charge is -2.37. The van der Waals surface area contributed by atoms with Crippen LogP contribution in [0.2, 0.25) is 0 Å². The smallest absolute Gasteiger partial charge is 0.407 e. The number of hydrogen-bond donors (Lipinski definition) is 4. The van der Waals surface area contributed by atoms with E-state index in [9.17, 15) is 19.2 Å². The summed E-state index contributed by atoms with van der Waals surface area (Å²) in [5.74, 6) is 7.00. The highest BCUT2D eigenvalue weighted by Gasteiger charge is 2.45. The van der Waals surface area contributed by atoms with Crippen molar-refractivity contribution in [2.75, 3.05) is 53.7 Å². The van der Waals surface area contributed by atoms with Crippen LogP contribution >= 0.6 is 0 Å². The first kappa shape index (κ1) is 47.5. The molecule has 3 fully saturated rings. The van der Waals surface area contributed by atoms with E-state index in [1.54, 1.807) is 22.0 Å². The highest BCUT2D eigenvalue weighted by atomic mass is 16.5. The molecule has 0 aliphatic carbocycles. The number of aromatic amines is 2. The molecule has 68 heavy (non-hydrogen) atoms. The van der Waals surface area contributed by atoms with Gasteiger partial charge in [-0.3, -0.25) is 9.59 Å². The van der Waals surface area contributed by atoms with Crippen molar-refractivity contribution in [1.29, 1.82) is 0 Å². The number of imidazole rings is 2. The van der Waals surface area contributed by atoms with Crippen LogP contribution in [0.4, 0.5) is 9.59 Å². The summed E-state index contributed by atoms with van der Waals surface area (Å²) in [6.45, 7) is 19.4. The van der Waals surface area contributed by atoms with Gasteiger partial charge in [-0.25, -0.2) is 19.6 Å². The Morgan fingerprint density at radius 3 is 2.10 bits per heavy atom. The van der Waals surface area contributed by atoms with Crippen molar-refractivity contribution in [3.8, 4) is 11.8 Å². The topological polar surface area (TPSA) is 193 Å². The molecular weight excluding hydrogens is 865 g/mol. The van der Waals surface area contributed by atoms with Gasteiger partial charge in [0.25, 0.3) is 0 Å². The van der Waals surface area contributed by atoms with Gasteiger partial charge in [-0.1, -0.05) is 56.6 Å². The standard InChI is InChI=1S/C52H60N8O8/c1-8-34-29-60(50(62)44(58-52(64)66-7)36-20-24-68-25-21-36)46(31(34)5)48-54-40-17-14-37-26-32(12-15-38(37)45(40)56-48)10-11-33-13-16-39-41(27-33)55-47(53-39)42(9-2)59(28-30(3)4)49(61)43(57-51(63)65-6)35-18-22-67-23-19-35/h8-9,12-17,26-27,30,34-36,42-44,46H,1-2,5,18-25,28-29H2,3-4,6-7H3,(H,53,55)(H,54,56)(H,57,63)(H,58,64)/t34-,42+,43+,44+,46+/m1/s1.